The van der Waals surface area contributed by atoms with Crippen molar-refractivity contribution in [1.82, 2.24) is 20.0 Å². The number of rotatable bonds is 2. The number of aromatic nitrogens is 2. The smallest absolute Gasteiger partial charge is 0.318 e. The molecule has 0 spiro atoms. The lowest BCUT2D eigenvalue weighted by atomic mass is 10.0. The van der Waals surface area contributed by atoms with Crippen LogP contribution in [0.5, 0.6) is 0 Å². The minimum absolute atomic E-state index is 0.0366. The van der Waals surface area contributed by atoms with E-state index in [1.165, 1.54) is 12.8 Å². The number of nitrogens with one attached hydrogen (secondary N) is 1. The van der Waals surface area contributed by atoms with Gasteiger partial charge in [-0.05, 0) is 38.5 Å². The number of anilines is 1. The van der Waals surface area contributed by atoms with Gasteiger partial charge in [0.1, 0.15) is 11.9 Å². The van der Waals surface area contributed by atoms with Gasteiger partial charge >= 0.3 is 6.03 Å². The fourth-order valence-corrected chi connectivity index (χ4v) is 3.87. The van der Waals surface area contributed by atoms with Crippen LogP contribution in [-0.2, 0) is 11.8 Å². The van der Waals surface area contributed by atoms with Crippen molar-refractivity contribution in [2.45, 2.75) is 52.0 Å². The highest BCUT2D eigenvalue weighted by Crippen LogP contribution is 2.22. The van der Waals surface area contributed by atoms with E-state index in [0.717, 1.165) is 37.4 Å². The van der Waals surface area contributed by atoms with Crippen LogP contribution in [0.25, 0.3) is 0 Å². The molecule has 1 aromatic rings. The average molecular weight is 347 g/mol. The summed E-state index contributed by atoms with van der Waals surface area (Å²) in [6, 6.07) is 1.36. The number of hydrogen-bond donors (Lipinski definition) is 1. The van der Waals surface area contributed by atoms with Gasteiger partial charge in [0.2, 0.25) is 0 Å². The van der Waals surface area contributed by atoms with Crippen LogP contribution in [0.1, 0.15) is 44.7 Å². The zero-order valence-corrected chi connectivity index (χ0v) is 15.5. The fourth-order valence-electron chi connectivity index (χ4n) is 3.87. The van der Waals surface area contributed by atoms with Gasteiger partial charge in [0, 0.05) is 32.7 Å². The van der Waals surface area contributed by atoms with Crippen LogP contribution in [-0.4, -0.2) is 52.3 Å². The first kappa shape index (κ1) is 17.8. The van der Waals surface area contributed by atoms with E-state index in [-0.39, 0.29) is 11.9 Å². The summed E-state index contributed by atoms with van der Waals surface area (Å²) in [7, 11) is 1.84. The molecule has 2 saturated heterocycles. The highest BCUT2D eigenvalue weighted by Gasteiger charge is 2.33. The summed E-state index contributed by atoms with van der Waals surface area (Å²) < 4.78 is 1.73. The van der Waals surface area contributed by atoms with Gasteiger partial charge in [0.05, 0.1) is 5.69 Å². The number of likely N-dealkylation sites (tertiary alicyclic amines) is 1. The number of hydrogen-bond acceptors (Lipinski definition) is 3. The van der Waals surface area contributed by atoms with Crippen molar-refractivity contribution in [2.75, 3.05) is 24.5 Å². The largest absolute Gasteiger partial charge is 0.326 e. The first-order valence-corrected chi connectivity index (χ1v) is 9.33. The molecule has 2 fully saturated rings. The number of carbonyl (C=O) groups excluding carboxylic acids is 2. The van der Waals surface area contributed by atoms with Gasteiger partial charge in [-0.1, -0.05) is 13.3 Å². The highest BCUT2D eigenvalue weighted by molar-refractivity contribution is 5.99. The van der Waals surface area contributed by atoms with E-state index in [9.17, 15) is 9.59 Å². The minimum atomic E-state index is -0.449. The van der Waals surface area contributed by atoms with Crippen LogP contribution in [0.2, 0.25) is 0 Å². The first-order valence-electron chi connectivity index (χ1n) is 9.33. The Balaban J connectivity index is 1.66. The van der Waals surface area contributed by atoms with E-state index >= 15 is 0 Å². The predicted molar refractivity (Wildman–Crippen MR) is 96.4 cm³/mol. The van der Waals surface area contributed by atoms with Gasteiger partial charge < -0.3 is 10.2 Å². The number of amides is 3. The maximum Gasteiger partial charge on any atom is 0.318 e. The summed E-state index contributed by atoms with van der Waals surface area (Å²) in [4.78, 5) is 29.2. The zero-order valence-electron chi connectivity index (χ0n) is 15.5. The van der Waals surface area contributed by atoms with Crippen LogP contribution >= 0.6 is 0 Å². The molecule has 7 nitrogen and oxygen atoms in total. The molecule has 138 valence electrons. The Bertz CT molecular complexity index is 641. The van der Waals surface area contributed by atoms with Crippen LogP contribution in [0.15, 0.2) is 6.07 Å². The van der Waals surface area contributed by atoms with E-state index in [0.29, 0.717) is 18.9 Å². The molecule has 1 aromatic heterocycles. The molecule has 0 saturated carbocycles. The summed E-state index contributed by atoms with van der Waals surface area (Å²) in [5, 5.41) is 7.30. The van der Waals surface area contributed by atoms with Crippen molar-refractivity contribution < 1.29 is 9.59 Å². The van der Waals surface area contributed by atoms with Gasteiger partial charge in [0.25, 0.3) is 5.91 Å². The minimum Gasteiger partial charge on any atom is -0.326 e. The molecule has 3 amide bonds. The van der Waals surface area contributed by atoms with Crippen molar-refractivity contribution in [3.05, 3.63) is 11.8 Å². The maximum absolute atomic E-state index is 12.9. The third-order valence-electron chi connectivity index (χ3n) is 5.18. The second kappa shape index (κ2) is 7.45. The molecule has 2 aliphatic heterocycles. The molecular formula is C18H29N5O2. The Labute approximate surface area is 149 Å². The van der Waals surface area contributed by atoms with E-state index in [1.54, 1.807) is 9.58 Å². The highest BCUT2D eigenvalue weighted by atomic mass is 16.2. The molecular weight excluding hydrogens is 318 g/mol. The summed E-state index contributed by atoms with van der Waals surface area (Å²) in [5.74, 6) is 1.28. The molecule has 7 heteroatoms. The molecule has 0 unspecified atom stereocenters. The zero-order chi connectivity index (χ0) is 18.0. The SMILES string of the molecule is Cc1cc(N2CCC[C@@H](NC(=O)N3CCCC[C@H](C)C3)C2=O)n(C)n1. The number of carbonyl (C=O) groups is 2. The van der Waals surface area contributed by atoms with Gasteiger partial charge in [0.15, 0.2) is 0 Å². The molecule has 1 N–H and O–H groups in total. The van der Waals surface area contributed by atoms with Gasteiger partial charge in [-0.2, -0.15) is 5.10 Å². The predicted octanol–water partition coefficient (Wildman–Crippen LogP) is 2.06. The lowest BCUT2D eigenvalue weighted by molar-refractivity contribution is -0.121. The number of urea groups is 1. The van der Waals surface area contributed by atoms with Gasteiger partial charge in [-0.25, -0.2) is 4.79 Å². The van der Waals surface area contributed by atoms with Crippen molar-refractivity contribution >= 4 is 17.8 Å². The third-order valence-corrected chi connectivity index (χ3v) is 5.18. The van der Waals surface area contributed by atoms with E-state index in [4.69, 9.17) is 0 Å². The second-order valence-corrected chi connectivity index (χ2v) is 7.45. The third kappa shape index (κ3) is 3.96. The topological polar surface area (TPSA) is 70.5 Å². The van der Waals surface area contributed by atoms with Gasteiger partial charge in [-0.15, -0.1) is 0 Å². The molecule has 2 aliphatic rings. The lowest BCUT2D eigenvalue weighted by Gasteiger charge is -2.33. The molecule has 3 rings (SSSR count). The Kier molecular flexibility index (Phi) is 5.30. The van der Waals surface area contributed by atoms with Crippen molar-refractivity contribution in [3.8, 4) is 0 Å². The van der Waals surface area contributed by atoms with Crippen LogP contribution in [0.3, 0.4) is 0 Å². The Hall–Kier alpha value is -2.05. The molecule has 0 radical (unpaired) electrons. The Morgan fingerprint density at radius 1 is 1.24 bits per heavy atom. The summed E-state index contributed by atoms with van der Waals surface area (Å²) in [6.45, 7) is 6.32. The fraction of sp³-hybridized carbons (Fsp3) is 0.722. The van der Waals surface area contributed by atoms with Crippen molar-refractivity contribution in [1.29, 1.82) is 0 Å². The number of piperidine rings is 1. The molecule has 2 atom stereocenters. The molecule has 0 bridgehead atoms. The standard InChI is InChI=1S/C18H29N5O2/c1-13-7-4-5-9-22(12-13)18(25)19-15-8-6-10-23(17(15)24)16-11-14(2)20-21(16)3/h11,13,15H,4-10,12H2,1-3H3,(H,19,25)/t13-,15+/m0/s1. The molecule has 3 heterocycles. The average Bonchev–Trinajstić information content (AvgIpc) is 2.77. The lowest BCUT2D eigenvalue weighted by Crippen LogP contribution is -2.55. The molecule has 0 aliphatic carbocycles. The summed E-state index contributed by atoms with van der Waals surface area (Å²) in [6.07, 6.45) is 4.94. The van der Waals surface area contributed by atoms with Crippen LogP contribution in [0, 0.1) is 12.8 Å². The van der Waals surface area contributed by atoms with E-state index in [2.05, 4.69) is 17.3 Å². The monoisotopic (exact) mass is 347 g/mol. The van der Waals surface area contributed by atoms with Crippen LogP contribution < -0.4 is 10.2 Å². The second-order valence-electron chi connectivity index (χ2n) is 7.45. The summed E-state index contributed by atoms with van der Waals surface area (Å²) >= 11 is 0. The molecule has 0 aromatic carbocycles. The molecule has 25 heavy (non-hydrogen) atoms. The van der Waals surface area contributed by atoms with E-state index in [1.807, 2.05) is 24.9 Å². The van der Waals surface area contributed by atoms with E-state index < -0.39 is 6.04 Å². The first-order chi connectivity index (χ1) is 12.0. The Morgan fingerprint density at radius 3 is 2.76 bits per heavy atom. The number of aryl methyl sites for hydroxylation is 2. The Morgan fingerprint density at radius 2 is 2.04 bits per heavy atom. The van der Waals surface area contributed by atoms with Crippen molar-refractivity contribution in [2.24, 2.45) is 13.0 Å². The summed E-state index contributed by atoms with van der Waals surface area (Å²) in [5.41, 5.74) is 0.884. The van der Waals surface area contributed by atoms with Crippen molar-refractivity contribution in [3.63, 3.8) is 0 Å². The van der Waals surface area contributed by atoms with Crippen LogP contribution in [0.4, 0.5) is 10.6 Å². The quantitative estimate of drug-likeness (QED) is 0.890. The normalized spacial score (nSPS) is 25.0. The van der Waals surface area contributed by atoms with Gasteiger partial charge in [-0.3, -0.25) is 14.4 Å². The number of nitrogens with zero attached hydrogens (tertiary/aromatic N) is 4. The maximum atomic E-state index is 12.9.